The van der Waals surface area contributed by atoms with Gasteiger partial charge in [-0.15, -0.1) is 0 Å². The van der Waals surface area contributed by atoms with Crippen molar-refractivity contribution in [3.8, 4) is 0 Å². The summed E-state index contributed by atoms with van der Waals surface area (Å²) in [5.74, 6) is 0. The third-order valence-electron chi connectivity index (χ3n) is 2.34. The molecule has 1 N–H and O–H groups in total. The normalized spacial score (nSPS) is 12.7. The molecule has 0 aliphatic carbocycles. The Bertz CT molecular complexity index is 323. The fourth-order valence-electron chi connectivity index (χ4n) is 1.60. The Kier molecular flexibility index (Phi) is 6.60. The van der Waals surface area contributed by atoms with E-state index in [4.69, 9.17) is 9.05 Å². The maximum atomic E-state index is 10.3. The van der Waals surface area contributed by atoms with Crippen LogP contribution in [0.2, 0.25) is 0 Å². The van der Waals surface area contributed by atoms with Crippen molar-refractivity contribution in [1.29, 1.82) is 0 Å². The number of hydrogen-bond donors (Lipinski definition) is 1. The first-order valence-corrected chi connectivity index (χ1v) is 8.86. The molecule has 0 bridgehead atoms. The van der Waals surface area contributed by atoms with E-state index in [2.05, 4.69) is 15.9 Å². The van der Waals surface area contributed by atoms with Crippen LogP contribution in [0.4, 0.5) is 0 Å². The van der Waals surface area contributed by atoms with Crippen LogP contribution >= 0.6 is 23.9 Å². The molecule has 1 aromatic rings. The Morgan fingerprint density at radius 1 is 1.06 bits per heavy atom. The van der Waals surface area contributed by atoms with Crippen LogP contribution in [0, 0.1) is 0 Å². The van der Waals surface area contributed by atoms with Gasteiger partial charge in [0.15, 0.2) is 0 Å². The molecule has 0 atom stereocenters. The van der Waals surface area contributed by atoms with Crippen LogP contribution in [0.1, 0.15) is 25.0 Å². The molecule has 3 nitrogen and oxygen atoms in total. The Morgan fingerprint density at radius 2 is 1.53 bits per heavy atom. The van der Waals surface area contributed by atoms with E-state index >= 15 is 0 Å². The standard InChI is InChI=1S/C12H20BrO3P/c1-3-15-17(14,16-4-2)10-12-7-5-11(9-13)6-8-12/h5-8,14,17H,3-4,9-10H2,1-2H3. The number of halogens is 1. The zero-order chi connectivity index (χ0) is 12.7. The molecule has 98 valence electrons. The maximum absolute atomic E-state index is 10.3. The van der Waals surface area contributed by atoms with Crippen molar-refractivity contribution in [3.63, 3.8) is 0 Å². The summed E-state index contributed by atoms with van der Waals surface area (Å²) in [4.78, 5) is 10.3. The van der Waals surface area contributed by atoms with Crippen LogP contribution in [0.5, 0.6) is 0 Å². The zero-order valence-electron chi connectivity index (χ0n) is 10.3. The summed E-state index contributed by atoms with van der Waals surface area (Å²) in [5, 5.41) is 0.839. The van der Waals surface area contributed by atoms with E-state index in [9.17, 15) is 4.89 Å². The van der Waals surface area contributed by atoms with Gasteiger partial charge in [-0.2, -0.15) is 0 Å². The van der Waals surface area contributed by atoms with Crippen LogP contribution in [0.25, 0.3) is 0 Å². The number of alkyl halides is 1. The Morgan fingerprint density at radius 3 is 1.94 bits per heavy atom. The summed E-state index contributed by atoms with van der Waals surface area (Å²) in [6.07, 6.45) is 0.469. The molecule has 0 unspecified atom stereocenters. The van der Waals surface area contributed by atoms with Gasteiger partial charge in [-0.05, 0) is 0 Å². The van der Waals surface area contributed by atoms with E-state index in [1.807, 2.05) is 38.1 Å². The van der Waals surface area contributed by atoms with Crippen LogP contribution in [0.15, 0.2) is 24.3 Å². The minimum atomic E-state index is -3.03. The van der Waals surface area contributed by atoms with Gasteiger partial charge in [0.1, 0.15) is 0 Å². The van der Waals surface area contributed by atoms with Gasteiger partial charge >= 0.3 is 112 Å². The second kappa shape index (κ2) is 7.45. The van der Waals surface area contributed by atoms with Crippen molar-refractivity contribution >= 4 is 23.9 Å². The van der Waals surface area contributed by atoms with Crippen molar-refractivity contribution in [2.45, 2.75) is 25.3 Å². The molecular weight excluding hydrogens is 303 g/mol. The van der Waals surface area contributed by atoms with E-state index in [0.717, 1.165) is 10.9 Å². The predicted octanol–water partition coefficient (Wildman–Crippen LogP) is 3.64. The third-order valence-corrected chi connectivity index (χ3v) is 5.33. The average molecular weight is 323 g/mol. The molecule has 0 aliphatic heterocycles. The predicted molar refractivity (Wildman–Crippen MR) is 76.6 cm³/mol. The van der Waals surface area contributed by atoms with Crippen LogP contribution in [0.3, 0.4) is 0 Å². The molecule has 0 fully saturated rings. The Labute approximate surface area is 112 Å². The van der Waals surface area contributed by atoms with Crippen LogP contribution < -0.4 is 0 Å². The third kappa shape index (κ3) is 5.02. The van der Waals surface area contributed by atoms with E-state index < -0.39 is 7.94 Å². The van der Waals surface area contributed by atoms with Crippen molar-refractivity contribution in [3.05, 3.63) is 35.4 Å². The molecule has 0 saturated carbocycles. The van der Waals surface area contributed by atoms with E-state index in [1.165, 1.54) is 5.56 Å². The molecular formula is C12H20BrO3P. The zero-order valence-corrected chi connectivity index (χ0v) is 12.9. The van der Waals surface area contributed by atoms with Crippen molar-refractivity contribution in [1.82, 2.24) is 0 Å². The van der Waals surface area contributed by atoms with Gasteiger partial charge in [-0.1, -0.05) is 0 Å². The summed E-state index contributed by atoms with van der Waals surface area (Å²) in [5.41, 5.74) is 2.26. The van der Waals surface area contributed by atoms with Crippen molar-refractivity contribution in [2.75, 3.05) is 13.2 Å². The van der Waals surface area contributed by atoms with Gasteiger partial charge in [0, 0.05) is 0 Å². The molecule has 1 rings (SSSR count). The quantitative estimate of drug-likeness (QED) is 0.615. The Hall–Kier alpha value is 0.01000. The molecule has 0 amide bonds. The fourth-order valence-corrected chi connectivity index (χ4v) is 3.91. The van der Waals surface area contributed by atoms with Crippen LogP contribution in [-0.4, -0.2) is 18.1 Å². The molecule has 1 aromatic carbocycles. The first kappa shape index (κ1) is 15.1. The number of hydrogen-bond acceptors (Lipinski definition) is 3. The number of benzene rings is 1. The molecule has 17 heavy (non-hydrogen) atoms. The first-order chi connectivity index (χ1) is 8.13. The van der Waals surface area contributed by atoms with Gasteiger partial charge in [0.25, 0.3) is 0 Å². The molecule has 0 spiro atoms. The molecule has 0 aliphatic rings. The van der Waals surface area contributed by atoms with Gasteiger partial charge < -0.3 is 0 Å². The topological polar surface area (TPSA) is 38.7 Å². The molecule has 5 heteroatoms. The van der Waals surface area contributed by atoms with Gasteiger partial charge in [-0.25, -0.2) is 0 Å². The van der Waals surface area contributed by atoms with Gasteiger partial charge in [-0.3, -0.25) is 0 Å². The molecule has 0 aromatic heterocycles. The summed E-state index contributed by atoms with van der Waals surface area (Å²) in [6.45, 7) is 4.68. The van der Waals surface area contributed by atoms with Gasteiger partial charge in [0.05, 0.1) is 0 Å². The van der Waals surface area contributed by atoms with Crippen LogP contribution in [-0.2, 0) is 20.5 Å². The summed E-state index contributed by atoms with van der Waals surface area (Å²) >= 11 is 3.40. The van der Waals surface area contributed by atoms with Crippen molar-refractivity contribution < 1.29 is 13.9 Å². The van der Waals surface area contributed by atoms with E-state index in [1.54, 1.807) is 0 Å². The molecule has 0 heterocycles. The number of rotatable bonds is 7. The summed E-state index contributed by atoms with van der Waals surface area (Å²) in [6, 6.07) is 8.09. The van der Waals surface area contributed by atoms with Crippen molar-refractivity contribution in [2.24, 2.45) is 0 Å². The average Bonchev–Trinajstić information content (AvgIpc) is 2.30. The summed E-state index contributed by atoms with van der Waals surface area (Å²) < 4.78 is 10.8. The van der Waals surface area contributed by atoms with E-state index in [0.29, 0.717) is 19.4 Å². The first-order valence-electron chi connectivity index (χ1n) is 5.77. The van der Waals surface area contributed by atoms with Gasteiger partial charge in [0.2, 0.25) is 0 Å². The molecule has 0 radical (unpaired) electrons. The minimum absolute atomic E-state index is 0.469. The second-order valence-corrected chi connectivity index (χ2v) is 6.62. The second-order valence-electron chi connectivity index (χ2n) is 3.71. The fraction of sp³-hybridized carbons (Fsp3) is 0.500. The molecule has 0 saturated heterocycles. The SMILES string of the molecule is CCO[PH](O)(Cc1ccc(CBr)cc1)OCC. The Balaban J connectivity index is 2.71. The van der Waals surface area contributed by atoms with E-state index in [-0.39, 0.29) is 0 Å². The summed E-state index contributed by atoms with van der Waals surface area (Å²) in [7, 11) is -3.03. The monoisotopic (exact) mass is 322 g/mol.